The molecule has 0 aliphatic carbocycles. The summed E-state index contributed by atoms with van der Waals surface area (Å²) < 4.78 is 13.9. The molecule has 1 fully saturated rings. The first-order valence-electron chi connectivity index (χ1n) is 6.82. The fraction of sp³-hybridized carbons (Fsp3) is 0.533. The number of aliphatic hydroxyl groups excluding tert-OH is 1. The van der Waals surface area contributed by atoms with Crippen molar-refractivity contribution in [2.45, 2.75) is 26.4 Å². The third-order valence-corrected chi connectivity index (χ3v) is 4.04. The summed E-state index contributed by atoms with van der Waals surface area (Å²) >= 11 is 0. The maximum absolute atomic E-state index is 13.9. The van der Waals surface area contributed by atoms with Gasteiger partial charge in [-0.25, -0.2) is 4.39 Å². The summed E-state index contributed by atoms with van der Waals surface area (Å²) in [6, 6.07) is 4.77. The number of carbonyl (C=O) groups is 1. The van der Waals surface area contributed by atoms with E-state index >= 15 is 0 Å². The molecule has 1 saturated heterocycles. The van der Waals surface area contributed by atoms with Crippen LogP contribution in [0.5, 0.6) is 0 Å². The van der Waals surface area contributed by atoms with E-state index in [0.29, 0.717) is 30.8 Å². The van der Waals surface area contributed by atoms with Crippen LogP contribution in [0.1, 0.15) is 31.9 Å². The number of aliphatic hydroxyl groups is 1. The van der Waals surface area contributed by atoms with Gasteiger partial charge >= 0.3 is 0 Å². The average Bonchev–Trinajstić information content (AvgIpc) is 2.81. The van der Waals surface area contributed by atoms with Gasteiger partial charge in [0.2, 0.25) is 5.91 Å². The Kier molecular flexibility index (Phi) is 3.99. The number of nitrogens with one attached hydrogen (secondary N) is 1. The molecule has 2 atom stereocenters. The van der Waals surface area contributed by atoms with Crippen LogP contribution >= 0.6 is 0 Å². The normalized spacial score (nSPS) is 23.8. The van der Waals surface area contributed by atoms with Crippen LogP contribution in [-0.2, 0) is 4.79 Å². The Morgan fingerprint density at radius 2 is 2.25 bits per heavy atom. The zero-order valence-corrected chi connectivity index (χ0v) is 12.1. The van der Waals surface area contributed by atoms with E-state index in [1.54, 1.807) is 26.1 Å². The first kappa shape index (κ1) is 14.8. The molecule has 0 saturated carbocycles. The van der Waals surface area contributed by atoms with Crippen molar-refractivity contribution in [2.75, 3.05) is 25.0 Å². The smallest absolute Gasteiger partial charge is 0.227 e. The van der Waals surface area contributed by atoms with Gasteiger partial charge in [-0.1, -0.05) is 6.07 Å². The highest BCUT2D eigenvalue weighted by Gasteiger charge is 2.40. The number of hydrogen-bond donors (Lipinski definition) is 2. The molecule has 0 radical (unpaired) electrons. The van der Waals surface area contributed by atoms with Crippen molar-refractivity contribution >= 4 is 11.6 Å². The second kappa shape index (κ2) is 5.40. The molecule has 0 spiro atoms. The molecule has 1 aromatic rings. The largest absolute Gasteiger partial charge is 0.389 e. The van der Waals surface area contributed by atoms with Gasteiger partial charge in [0.1, 0.15) is 5.82 Å². The minimum atomic E-state index is -0.877. The van der Waals surface area contributed by atoms with Gasteiger partial charge < -0.3 is 15.3 Å². The molecule has 20 heavy (non-hydrogen) atoms. The van der Waals surface area contributed by atoms with E-state index in [4.69, 9.17) is 0 Å². The topological polar surface area (TPSA) is 52.6 Å². The van der Waals surface area contributed by atoms with Gasteiger partial charge in [0, 0.05) is 31.4 Å². The maximum atomic E-state index is 13.9. The number of rotatable bonds is 3. The maximum Gasteiger partial charge on any atom is 0.227 e. The third kappa shape index (κ3) is 2.50. The van der Waals surface area contributed by atoms with Crippen molar-refractivity contribution in [1.29, 1.82) is 0 Å². The molecule has 1 aliphatic heterocycles. The summed E-state index contributed by atoms with van der Waals surface area (Å²) in [6.45, 7) is 4.66. The van der Waals surface area contributed by atoms with Crippen LogP contribution in [-0.4, -0.2) is 31.2 Å². The number of hydrogen-bond acceptors (Lipinski definition) is 3. The van der Waals surface area contributed by atoms with E-state index in [1.807, 2.05) is 11.8 Å². The number of halogens is 1. The summed E-state index contributed by atoms with van der Waals surface area (Å²) in [5.74, 6) is -0.416. The van der Waals surface area contributed by atoms with Crippen LogP contribution < -0.4 is 10.2 Å². The zero-order valence-electron chi connectivity index (χ0n) is 12.1. The molecule has 110 valence electrons. The van der Waals surface area contributed by atoms with E-state index in [-0.39, 0.29) is 5.91 Å². The molecular weight excluding hydrogens is 259 g/mol. The summed E-state index contributed by atoms with van der Waals surface area (Å²) in [6.07, 6.45) is -0.166. The molecule has 0 bridgehead atoms. The van der Waals surface area contributed by atoms with Crippen molar-refractivity contribution in [1.82, 2.24) is 5.32 Å². The molecule has 1 aliphatic rings. The van der Waals surface area contributed by atoms with Crippen LogP contribution in [0.2, 0.25) is 0 Å². The van der Waals surface area contributed by atoms with Crippen LogP contribution in [0, 0.1) is 11.2 Å². The van der Waals surface area contributed by atoms with Crippen LogP contribution in [0.3, 0.4) is 0 Å². The lowest BCUT2D eigenvalue weighted by Gasteiger charge is -2.26. The van der Waals surface area contributed by atoms with Gasteiger partial charge in [0.15, 0.2) is 0 Å². The van der Waals surface area contributed by atoms with Crippen molar-refractivity contribution in [2.24, 2.45) is 5.41 Å². The van der Waals surface area contributed by atoms with Crippen LogP contribution in [0.4, 0.5) is 10.1 Å². The van der Waals surface area contributed by atoms with Crippen LogP contribution in [0.15, 0.2) is 18.2 Å². The first-order valence-corrected chi connectivity index (χ1v) is 6.82. The van der Waals surface area contributed by atoms with Gasteiger partial charge in [-0.2, -0.15) is 0 Å². The molecule has 1 amide bonds. The molecule has 0 aromatic heterocycles. The van der Waals surface area contributed by atoms with Gasteiger partial charge in [0.05, 0.1) is 11.5 Å². The summed E-state index contributed by atoms with van der Waals surface area (Å²) in [5, 5.41) is 12.5. The number of amides is 1. The van der Waals surface area contributed by atoms with Crippen molar-refractivity contribution < 1.29 is 14.3 Å². The van der Waals surface area contributed by atoms with Gasteiger partial charge in [-0.3, -0.25) is 4.79 Å². The number of anilines is 1. The van der Waals surface area contributed by atoms with E-state index in [9.17, 15) is 14.3 Å². The third-order valence-electron chi connectivity index (χ3n) is 4.04. The zero-order chi connectivity index (χ0) is 14.9. The Morgan fingerprint density at radius 3 is 2.85 bits per heavy atom. The Balaban J connectivity index is 2.31. The Morgan fingerprint density at radius 1 is 1.55 bits per heavy atom. The van der Waals surface area contributed by atoms with E-state index in [2.05, 4.69) is 5.32 Å². The lowest BCUT2D eigenvalue weighted by atomic mass is 9.89. The van der Waals surface area contributed by atoms with E-state index < -0.39 is 17.3 Å². The van der Waals surface area contributed by atoms with Gasteiger partial charge in [-0.15, -0.1) is 0 Å². The van der Waals surface area contributed by atoms with E-state index in [1.165, 1.54) is 6.07 Å². The van der Waals surface area contributed by atoms with Crippen LogP contribution in [0.25, 0.3) is 0 Å². The number of carbonyl (C=O) groups excluding carboxylic acids is 1. The molecule has 2 rings (SSSR count). The lowest BCUT2D eigenvalue weighted by molar-refractivity contribution is -0.128. The molecule has 5 heteroatoms. The van der Waals surface area contributed by atoms with Crippen molar-refractivity contribution in [3.05, 3.63) is 29.6 Å². The Hall–Kier alpha value is -1.62. The predicted octanol–water partition coefficient (Wildman–Crippen LogP) is 1.84. The standard InChI is InChI=1S/C15H21FN2O2/c1-10(19)13-11(16)5-4-6-12(13)18-8-7-15(2,9-18)14(20)17-3/h4-6,10,19H,7-9H2,1-3H3,(H,17,20). The number of benzene rings is 1. The second-order valence-corrected chi connectivity index (χ2v) is 5.66. The quantitative estimate of drug-likeness (QED) is 0.888. The molecule has 2 N–H and O–H groups in total. The SMILES string of the molecule is CNC(=O)C1(C)CCN(c2cccc(F)c2C(C)O)C1. The Bertz CT molecular complexity index is 519. The van der Waals surface area contributed by atoms with Crippen molar-refractivity contribution in [3.8, 4) is 0 Å². The molecule has 1 heterocycles. The highest BCUT2D eigenvalue weighted by Crippen LogP contribution is 2.37. The summed E-state index contributed by atoms with van der Waals surface area (Å²) in [5.41, 5.74) is 0.498. The second-order valence-electron chi connectivity index (χ2n) is 5.66. The minimum Gasteiger partial charge on any atom is -0.389 e. The summed E-state index contributed by atoms with van der Waals surface area (Å²) in [4.78, 5) is 13.9. The van der Waals surface area contributed by atoms with E-state index in [0.717, 1.165) is 0 Å². The molecule has 1 aromatic carbocycles. The lowest BCUT2D eigenvalue weighted by Crippen LogP contribution is -2.39. The highest BCUT2D eigenvalue weighted by molar-refractivity contribution is 5.83. The fourth-order valence-electron chi connectivity index (χ4n) is 2.87. The summed E-state index contributed by atoms with van der Waals surface area (Å²) in [7, 11) is 1.62. The average molecular weight is 280 g/mol. The van der Waals surface area contributed by atoms with Gasteiger partial charge in [0.25, 0.3) is 0 Å². The molecular formula is C15H21FN2O2. The minimum absolute atomic E-state index is 0.00463. The fourth-order valence-corrected chi connectivity index (χ4v) is 2.87. The Labute approximate surface area is 118 Å². The molecule has 2 unspecified atom stereocenters. The monoisotopic (exact) mass is 280 g/mol. The predicted molar refractivity (Wildman–Crippen MR) is 76.0 cm³/mol. The van der Waals surface area contributed by atoms with Gasteiger partial charge in [-0.05, 0) is 32.4 Å². The van der Waals surface area contributed by atoms with Crippen molar-refractivity contribution in [3.63, 3.8) is 0 Å². The highest BCUT2D eigenvalue weighted by atomic mass is 19.1. The first-order chi connectivity index (χ1) is 9.39. The molecule has 4 nitrogen and oxygen atoms in total. The number of nitrogens with zero attached hydrogens (tertiary/aromatic N) is 1.